The summed E-state index contributed by atoms with van der Waals surface area (Å²) in [6.07, 6.45) is 0. The minimum atomic E-state index is -4.16. The van der Waals surface area contributed by atoms with Gasteiger partial charge < -0.3 is 26.4 Å². The Morgan fingerprint density at radius 2 is 0.800 bits per heavy atom. The molecule has 342 valence electrons. The Morgan fingerprint density at radius 3 is 1.03 bits per heavy atom. The predicted octanol–water partition coefficient (Wildman–Crippen LogP) is 4.04. The Morgan fingerprint density at radius 1 is 0.550 bits per heavy atom. The molecule has 0 radical (unpaired) electrons. The number of hydrogen-bond donors (Lipinski definition) is 7. The first-order valence-corrected chi connectivity index (χ1v) is 30.0. The summed E-state index contributed by atoms with van der Waals surface area (Å²) in [5.41, 5.74) is 2.42. The Bertz CT molecular complexity index is 2240. The number of carbonyl (C=O) groups is 5. The van der Waals surface area contributed by atoms with Crippen molar-refractivity contribution < 1.29 is 83.2 Å². The van der Waals surface area contributed by atoms with Crippen LogP contribution in [0.1, 0.15) is 41.8 Å². The van der Waals surface area contributed by atoms with E-state index in [0.717, 1.165) is 12.6 Å². The van der Waals surface area contributed by atoms with E-state index < -0.39 is 35.2 Å². The van der Waals surface area contributed by atoms with Crippen molar-refractivity contribution >= 4 is 111 Å². The van der Waals surface area contributed by atoms with E-state index in [9.17, 15) is 44.4 Å². The number of alkyl halides is 1. The molecule has 0 heterocycles. The maximum atomic E-state index is 11.3. The van der Waals surface area contributed by atoms with Crippen molar-refractivity contribution in [2.45, 2.75) is 49.3 Å². The third-order valence-electron chi connectivity index (χ3n) is 5.78. The van der Waals surface area contributed by atoms with Crippen LogP contribution in [-0.2, 0) is 53.2 Å². The molecule has 0 unspecified atom stereocenters. The van der Waals surface area contributed by atoms with Crippen LogP contribution in [0, 0.1) is 0 Å². The summed E-state index contributed by atoms with van der Waals surface area (Å²) in [6, 6.07) is 26.1. The topological polar surface area (TPSA) is 288 Å². The zero-order chi connectivity index (χ0) is 46.7. The fourth-order valence-electron chi connectivity index (χ4n) is 3.58. The monoisotopic (exact) mass is 1160 g/mol. The average molecular weight is 1160 g/mol. The van der Waals surface area contributed by atoms with Gasteiger partial charge in [0, 0.05) is 75.2 Å². The van der Waals surface area contributed by atoms with Crippen LogP contribution >= 0.6 is 29.3 Å². The van der Waals surface area contributed by atoms with Crippen LogP contribution in [-0.4, -0.2) is 76.5 Å². The van der Waals surface area contributed by atoms with Crippen LogP contribution in [0.5, 0.6) is 0 Å². The van der Waals surface area contributed by atoms with Gasteiger partial charge in [0.1, 0.15) is 0 Å². The standard InChI is InChI=1S/C9H12N2O3S.C8H8ClNO3S.C8H9NO4S.C8H9NO.C2H4O2.CH3I2.5H2/c1-7(12)11-8-3-5-9(6-4-8)15(13,14)10-2;1-6(11)10-7-2-4-8(5-3-7)14(9,12)13;1-6(10)9-7-2-4-8(5-3-7)14(11,12)13;1-7(10)9-8-5-3-2-4-6-8;1-2(3)4;1-3-2;;;;;/h3-6,10H,1-2H3,(H,11,12);2-5H,1H3,(H,10,11);2-5H,1H3,(H,9,10)(H,11,12,13);2-6H,1H3,(H,9,10);1H3,(H,3,4);1H3;5*1H/q;;;;;-1;;;;;/i;;;;;;5*1+2. The molecular weight excluding hydrogens is 1100 g/mol. The van der Waals surface area contributed by atoms with E-state index in [4.69, 9.17) is 25.1 Å². The molecule has 4 aromatic carbocycles. The van der Waals surface area contributed by atoms with Crippen LogP contribution in [0.25, 0.3) is 0 Å². The van der Waals surface area contributed by atoms with Gasteiger partial charge in [-0.1, -0.05) is 18.2 Å². The smallest absolute Gasteiger partial charge is 0 e. The molecule has 0 atom stereocenters. The number of carboxylic acids is 1. The van der Waals surface area contributed by atoms with Crippen LogP contribution < -0.4 is 43.2 Å². The van der Waals surface area contributed by atoms with Crippen LogP contribution in [0.3, 0.4) is 0 Å². The Kier molecular flexibility index (Phi) is 28.8. The molecule has 0 aromatic heterocycles. The number of benzene rings is 4. The molecule has 18 nitrogen and oxygen atoms in total. The number of aliphatic carboxylic acids is 1. The molecule has 0 fully saturated rings. The number of anilines is 4. The SMILES string of the molecule is CC(=O)Nc1ccc(S(=O)(=O)Cl)cc1.CC(=O)Nc1ccc(S(=O)(=O)O)cc1.CC(=O)Nc1ccccc1.CC(=O)O.CNS(=O)(=O)c1ccc(NC(C)=O)cc1.C[I-]I.[3HH].[3HH].[3HH].[3HH].[3HH]. The molecule has 0 aliphatic rings. The van der Waals surface area contributed by atoms with Crippen molar-refractivity contribution in [1.29, 1.82) is 0 Å². The summed E-state index contributed by atoms with van der Waals surface area (Å²) < 4.78 is 76.5. The van der Waals surface area contributed by atoms with E-state index in [1.54, 1.807) is 0 Å². The van der Waals surface area contributed by atoms with Gasteiger partial charge in [0.05, 0.1) is 14.7 Å². The number of amides is 4. The first-order chi connectivity index (χ1) is 27.7. The second-order valence-corrected chi connectivity index (χ2v) is 23.1. The molecule has 0 spiro atoms. The number of hydrogen-bond acceptors (Lipinski definition) is 11. The number of para-hydroxylation sites is 1. The van der Waals surface area contributed by atoms with Gasteiger partial charge in [-0.05, 0) is 92.0 Å². The largest absolute Gasteiger partial charge is 0 e. The number of halogens is 3. The molecule has 0 aliphatic heterocycles. The normalized spacial score (nSPS) is 10.2. The van der Waals surface area contributed by atoms with Crippen LogP contribution in [0.15, 0.2) is 118 Å². The van der Waals surface area contributed by atoms with Gasteiger partial charge in [-0.15, -0.1) is 0 Å². The molecular formula is C36H55ClI2N5O13S3-. The summed E-state index contributed by atoms with van der Waals surface area (Å²) in [7, 11) is -4.81. The van der Waals surface area contributed by atoms with Gasteiger partial charge in [0.15, 0.2) is 0 Å². The van der Waals surface area contributed by atoms with Crippen molar-refractivity contribution in [3.05, 3.63) is 103 Å². The number of carboxylic acid groups (broad SMARTS) is 1. The van der Waals surface area contributed by atoms with Gasteiger partial charge in [0.25, 0.3) is 25.1 Å². The maximum absolute atomic E-state index is 11.3. The van der Waals surface area contributed by atoms with Gasteiger partial charge in [-0.25, -0.2) is 21.6 Å². The van der Waals surface area contributed by atoms with Crippen molar-refractivity contribution in [2.75, 3.05) is 33.2 Å². The fourth-order valence-corrected chi connectivity index (χ4v) is 5.56. The molecule has 0 aliphatic carbocycles. The van der Waals surface area contributed by atoms with E-state index in [0.29, 0.717) is 34.3 Å². The van der Waals surface area contributed by atoms with Crippen molar-refractivity contribution in [2.24, 2.45) is 0 Å². The quantitative estimate of drug-likeness (QED) is 0.0569. The molecule has 60 heavy (non-hydrogen) atoms. The van der Waals surface area contributed by atoms with Gasteiger partial charge in [0.2, 0.25) is 33.7 Å². The average Bonchev–Trinajstić information content (AvgIpc) is 3.12. The van der Waals surface area contributed by atoms with E-state index in [2.05, 4.69) is 49.5 Å². The Balaban J connectivity index is -0.000000129. The zero-order valence-corrected chi connectivity index (χ0v) is 40.6. The minimum Gasteiger partial charge on any atom is 0 e. The summed E-state index contributed by atoms with van der Waals surface area (Å²) >= 11 is 2.96. The second-order valence-electron chi connectivity index (χ2n) is 10.9. The fraction of sp³-hybridized carbons (Fsp3) is 0.194. The summed E-state index contributed by atoms with van der Waals surface area (Å²) in [5, 5.41) is 17.6. The first-order valence-electron chi connectivity index (χ1n) is 16.3. The number of carbonyl (C=O) groups excluding carboxylic acids is 4. The number of sulfonamides is 1. The zero-order valence-electron chi connectivity index (χ0n) is 33.1. The van der Waals surface area contributed by atoms with Crippen molar-refractivity contribution in [3.8, 4) is 0 Å². The van der Waals surface area contributed by atoms with Crippen molar-refractivity contribution in [3.63, 3.8) is 0 Å². The molecule has 0 saturated carbocycles. The molecule has 4 amide bonds. The number of nitrogens with one attached hydrogen (secondary N) is 5. The van der Waals surface area contributed by atoms with E-state index in [1.165, 1.54) is 108 Å². The third-order valence-corrected chi connectivity index (χ3v) is 9.44. The van der Waals surface area contributed by atoms with Crippen LogP contribution in [0.2, 0.25) is 0 Å². The first kappa shape index (κ1) is 57.8. The second kappa shape index (κ2) is 29.9. The summed E-state index contributed by atoms with van der Waals surface area (Å²) in [6.45, 7) is 6.67. The molecule has 4 rings (SSSR count). The Hall–Kier alpha value is -4.25. The maximum Gasteiger partial charge on any atom is 0 e. The van der Waals surface area contributed by atoms with Gasteiger partial charge >= 0.3 is 40.8 Å². The third kappa shape index (κ3) is 29.9. The Labute approximate surface area is 381 Å². The van der Waals surface area contributed by atoms with Gasteiger partial charge in [-0.2, -0.15) is 8.42 Å². The van der Waals surface area contributed by atoms with Gasteiger partial charge in [-0.3, -0.25) is 28.5 Å². The molecule has 7 N–H and O–H groups in total. The predicted molar refractivity (Wildman–Crippen MR) is 246 cm³/mol. The van der Waals surface area contributed by atoms with E-state index >= 15 is 0 Å². The molecule has 0 bridgehead atoms. The molecule has 4 aromatic rings. The van der Waals surface area contributed by atoms with Crippen LogP contribution in [0.4, 0.5) is 22.7 Å². The number of rotatable bonds is 8. The summed E-state index contributed by atoms with van der Waals surface area (Å²) in [5.74, 6) is -1.53. The molecule has 0 saturated heterocycles. The summed E-state index contributed by atoms with van der Waals surface area (Å²) in [4.78, 5) is 53.7. The van der Waals surface area contributed by atoms with E-state index in [-0.39, 0.29) is 45.4 Å². The minimum absolute atomic E-state index is 0. The van der Waals surface area contributed by atoms with Crippen molar-refractivity contribution in [1.82, 2.24) is 4.72 Å². The van der Waals surface area contributed by atoms with E-state index in [1.807, 2.05) is 30.3 Å². The molecule has 24 heteroatoms.